The summed E-state index contributed by atoms with van der Waals surface area (Å²) in [6.07, 6.45) is 3.02. The number of hydrogen-bond acceptors (Lipinski definition) is 1. The van der Waals surface area contributed by atoms with Crippen molar-refractivity contribution >= 4 is 17.1 Å². The first kappa shape index (κ1) is 8.74. The Bertz CT molecular complexity index is 523. The minimum atomic E-state index is 0.983. The van der Waals surface area contributed by atoms with E-state index in [-0.39, 0.29) is 0 Å². The van der Waals surface area contributed by atoms with Crippen LogP contribution in [0.15, 0.2) is 30.8 Å². The highest BCUT2D eigenvalue weighted by Gasteiger charge is 2.17. The van der Waals surface area contributed by atoms with E-state index in [0.717, 1.165) is 19.5 Å². The van der Waals surface area contributed by atoms with Crippen molar-refractivity contribution in [2.75, 3.05) is 6.54 Å². The maximum absolute atomic E-state index is 3.90. The number of rotatable bonds is 1. The molecule has 3 rings (SSSR count). The number of nitrogens with zero attached hydrogens (tertiary/aromatic N) is 1. The summed E-state index contributed by atoms with van der Waals surface area (Å²) in [4.78, 5) is 0. The van der Waals surface area contributed by atoms with Gasteiger partial charge in [0, 0.05) is 36.8 Å². The van der Waals surface area contributed by atoms with Crippen LogP contribution in [0.2, 0.25) is 0 Å². The van der Waals surface area contributed by atoms with Gasteiger partial charge in [0.05, 0.1) is 5.52 Å². The lowest BCUT2D eigenvalue weighted by atomic mass is 10.1. The molecule has 0 aliphatic carbocycles. The van der Waals surface area contributed by atoms with Gasteiger partial charge in [-0.05, 0) is 11.6 Å². The Hall–Kier alpha value is -1.54. The van der Waals surface area contributed by atoms with Crippen LogP contribution < -0.4 is 5.32 Å². The van der Waals surface area contributed by atoms with Crippen molar-refractivity contribution in [2.45, 2.75) is 13.0 Å². The molecule has 2 heteroatoms. The van der Waals surface area contributed by atoms with Gasteiger partial charge >= 0.3 is 0 Å². The molecule has 0 spiro atoms. The van der Waals surface area contributed by atoms with E-state index in [1.54, 1.807) is 0 Å². The first-order chi connectivity index (χ1) is 7.42. The summed E-state index contributed by atoms with van der Waals surface area (Å²) < 4.78 is 2.23. The fourth-order valence-electron chi connectivity index (χ4n) is 2.48. The summed E-state index contributed by atoms with van der Waals surface area (Å²) in [5, 5.41) is 4.78. The summed E-state index contributed by atoms with van der Waals surface area (Å²) in [5.74, 6) is 0. The summed E-state index contributed by atoms with van der Waals surface area (Å²) in [6, 6.07) is 8.54. The van der Waals surface area contributed by atoms with Crippen LogP contribution in [0.3, 0.4) is 0 Å². The van der Waals surface area contributed by atoms with Crippen molar-refractivity contribution in [3.05, 3.63) is 42.1 Å². The molecule has 1 aromatic carbocycles. The maximum Gasteiger partial charge on any atom is 0.0528 e. The lowest BCUT2D eigenvalue weighted by molar-refractivity contribution is 0.634. The van der Waals surface area contributed by atoms with Gasteiger partial charge in [-0.15, -0.1) is 0 Å². The Morgan fingerprint density at radius 1 is 1.33 bits per heavy atom. The van der Waals surface area contributed by atoms with Crippen molar-refractivity contribution in [1.82, 2.24) is 9.88 Å². The highest BCUT2D eigenvalue weighted by molar-refractivity contribution is 5.87. The monoisotopic (exact) mass is 198 g/mol. The summed E-state index contributed by atoms with van der Waals surface area (Å²) in [6.45, 7) is 5.95. The second kappa shape index (κ2) is 3.24. The van der Waals surface area contributed by atoms with Crippen LogP contribution >= 0.6 is 0 Å². The second-order valence-corrected chi connectivity index (χ2v) is 3.92. The Morgan fingerprint density at radius 2 is 2.20 bits per heavy atom. The normalized spacial score (nSPS) is 15.2. The van der Waals surface area contributed by atoms with E-state index in [4.69, 9.17) is 0 Å². The molecule has 0 unspecified atom stereocenters. The molecule has 76 valence electrons. The van der Waals surface area contributed by atoms with Crippen molar-refractivity contribution in [1.29, 1.82) is 0 Å². The molecule has 2 heterocycles. The molecule has 1 N–H and O–H groups in total. The Labute approximate surface area is 89.2 Å². The smallest absolute Gasteiger partial charge is 0.0528 e. The van der Waals surface area contributed by atoms with Gasteiger partial charge in [0.1, 0.15) is 0 Å². The number of fused-ring (bicyclic) bond motifs is 3. The van der Waals surface area contributed by atoms with Gasteiger partial charge < -0.3 is 9.88 Å². The van der Waals surface area contributed by atoms with Crippen molar-refractivity contribution in [2.24, 2.45) is 0 Å². The number of benzene rings is 1. The zero-order valence-electron chi connectivity index (χ0n) is 8.66. The minimum absolute atomic E-state index is 0.983. The molecule has 2 nitrogen and oxygen atoms in total. The van der Waals surface area contributed by atoms with E-state index in [1.807, 2.05) is 6.20 Å². The quantitative estimate of drug-likeness (QED) is 0.744. The van der Waals surface area contributed by atoms with Crippen molar-refractivity contribution < 1.29 is 0 Å². The molecule has 1 aromatic heterocycles. The van der Waals surface area contributed by atoms with E-state index >= 15 is 0 Å². The molecule has 0 radical (unpaired) electrons. The van der Waals surface area contributed by atoms with Crippen LogP contribution in [0.25, 0.3) is 17.1 Å². The topological polar surface area (TPSA) is 17.0 Å². The van der Waals surface area contributed by atoms with Crippen LogP contribution in [0.5, 0.6) is 0 Å². The van der Waals surface area contributed by atoms with Gasteiger partial charge in [0.15, 0.2) is 0 Å². The van der Waals surface area contributed by atoms with E-state index in [2.05, 4.69) is 40.7 Å². The highest BCUT2D eigenvalue weighted by atomic mass is 15.0. The zero-order valence-corrected chi connectivity index (χ0v) is 8.66. The standard InChI is InChI=1S/C13H14N2/c1-2-15-12-6-4-3-5-10(12)11-9-14-8-7-13(11)15/h2-6,14H,1,7-9H2. The van der Waals surface area contributed by atoms with Gasteiger partial charge in [0.25, 0.3) is 0 Å². The van der Waals surface area contributed by atoms with Gasteiger partial charge in [-0.2, -0.15) is 0 Å². The molecule has 0 amide bonds. The van der Waals surface area contributed by atoms with Crippen LogP contribution in [0, 0.1) is 0 Å². The first-order valence-electron chi connectivity index (χ1n) is 5.36. The lowest BCUT2D eigenvalue weighted by Gasteiger charge is -2.14. The van der Waals surface area contributed by atoms with Gasteiger partial charge in [-0.25, -0.2) is 0 Å². The molecule has 0 fully saturated rings. The average molecular weight is 198 g/mol. The molecule has 0 bridgehead atoms. The van der Waals surface area contributed by atoms with Crippen LogP contribution in [0.4, 0.5) is 0 Å². The van der Waals surface area contributed by atoms with Crippen LogP contribution in [-0.4, -0.2) is 11.1 Å². The van der Waals surface area contributed by atoms with E-state index < -0.39 is 0 Å². The summed E-state index contributed by atoms with van der Waals surface area (Å²) in [7, 11) is 0. The van der Waals surface area contributed by atoms with Crippen molar-refractivity contribution in [3.8, 4) is 0 Å². The maximum atomic E-state index is 3.90. The minimum Gasteiger partial charge on any atom is -0.320 e. The predicted octanol–water partition coefficient (Wildman–Crippen LogP) is 2.39. The predicted molar refractivity (Wildman–Crippen MR) is 63.7 cm³/mol. The SMILES string of the molecule is C=Cn1c2c(c3ccccc31)CNCC2. The molecular weight excluding hydrogens is 184 g/mol. The molecule has 15 heavy (non-hydrogen) atoms. The zero-order chi connectivity index (χ0) is 10.3. The summed E-state index contributed by atoms with van der Waals surface area (Å²) >= 11 is 0. The molecule has 2 aromatic rings. The Morgan fingerprint density at radius 3 is 3.07 bits per heavy atom. The largest absolute Gasteiger partial charge is 0.320 e. The van der Waals surface area contributed by atoms with E-state index in [0.29, 0.717) is 0 Å². The van der Waals surface area contributed by atoms with Gasteiger partial charge in [-0.1, -0.05) is 24.8 Å². The second-order valence-electron chi connectivity index (χ2n) is 3.92. The molecule has 0 saturated heterocycles. The van der Waals surface area contributed by atoms with Crippen LogP contribution in [0.1, 0.15) is 11.3 Å². The average Bonchev–Trinajstić information content (AvgIpc) is 2.63. The number of para-hydroxylation sites is 1. The third-order valence-corrected chi connectivity index (χ3v) is 3.15. The third-order valence-electron chi connectivity index (χ3n) is 3.15. The van der Waals surface area contributed by atoms with Crippen molar-refractivity contribution in [3.63, 3.8) is 0 Å². The van der Waals surface area contributed by atoms with Gasteiger partial charge in [0.2, 0.25) is 0 Å². The highest BCUT2D eigenvalue weighted by Crippen LogP contribution is 2.28. The first-order valence-corrected chi connectivity index (χ1v) is 5.36. The molecule has 0 saturated carbocycles. The molecular formula is C13H14N2. The molecule has 0 atom stereocenters. The molecule has 1 aliphatic heterocycles. The molecule has 1 aliphatic rings. The third kappa shape index (κ3) is 1.15. The fraction of sp³-hybridized carbons (Fsp3) is 0.231. The van der Waals surface area contributed by atoms with Crippen LogP contribution in [-0.2, 0) is 13.0 Å². The number of hydrogen-bond donors (Lipinski definition) is 1. The fourth-order valence-corrected chi connectivity index (χ4v) is 2.48. The Kier molecular flexibility index (Phi) is 1.89. The van der Waals surface area contributed by atoms with E-state index in [1.165, 1.54) is 22.2 Å². The Balaban J connectivity index is 2.42. The van der Waals surface area contributed by atoms with E-state index in [9.17, 15) is 0 Å². The number of nitrogens with one attached hydrogen (secondary N) is 1. The van der Waals surface area contributed by atoms with Gasteiger partial charge in [-0.3, -0.25) is 0 Å². The lowest BCUT2D eigenvalue weighted by Crippen LogP contribution is -2.23. The summed E-state index contributed by atoms with van der Waals surface area (Å²) in [5.41, 5.74) is 4.14. The number of aromatic nitrogens is 1.